The summed E-state index contributed by atoms with van der Waals surface area (Å²) in [6, 6.07) is 26.0. The molecule has 1 unspecified atom stereocenters. The Labute approximate surface area is 216 Å². The largest absolute Gasteiger partial charge is 0.338 e. The average Bonchev–Trinajstić information content (AvgIpc) is 3.45. The second-order valence-electron chi connectivity index (χ2n) is 9.72. The maximum Gasteiger partial charge on any atom is 0.225 e. The van der Waals surface area contributed by atoms with Gasteiger partial charge in [0.15, 0.2) is 5.78 Å². The Morgan fingerprint density at radius 3 is 2.11 bits per heavy atom. The Morgan fingerprint density at radius 2 is 1.50 bits per heavy atom. The zero-order valence-corrected chi connectivity index (χ0v) is 21.3. The fraction of sp³-hybridized carbons (Fsp3) is 0.300. The summed E-state index contributed by atoms with van der Waals surface area (Å²) in [6.45, 7) is 5.52. The van der Waals surface area contributed by atoms with Crippen LogP contribution in [0, 0.1) is 6.92 Å². The van der Waals surface area contributed by atoms with Crippen molar-refractivity contribution in [1.82, 2.24) is 14.9 Å². The number of aryl methyl sites for hydroxylation is 1. The number of benzene rings is 2. The van der Waals surface area contributed by atoms with Crippen molar-refractivity contribution in [2.45, 2.75) is 31.7 Å². The number of fused-ring (bicyclic) bond motifs is 1. The van der Waals surface area contributed by atoms with E-state index in [9.17, 15) is 4.79 Å². The summed E-state index contributed by atoms with van der Waals surface area (Å²) in [7, 11) is 0. The van der Waals surface area contributed by atoms with Gasteiger partial charge in [0.1, 0.15) is 0 Å². The number of thiophene rings is 1. The molecule has 1 aliphatic heterocycles. The van der Waals surface area contributed by atoms with Crippen LogP contribution in [0.4, 0.5) is 5.95 Å². The molecule has 0 N–H and O–H groups in total. The second kappa shape index (κ2) is 9.96. The van der Waals surface area contributed by atoms with Crippen LogP contribution in [0.5, 0.6) is 0 Å². The molecule has 4 aromatic rings. The van der Waals surface area contributed by atoms with Gasteiger partial charge in [-0.2, -0.15) is 0 Å². The summed E-state index contributed by atoms with van der Waals surface area (Å²) in [5.41, 5.74) is 5.12. The summed E-state index contributed by atoms with van der Waals surface area (Å²) < 4.78 is 0. The monoisotopic (exact) mass is 494 g/mol. The lowest BCUT2D eigenvalue weighted by Crippen LogP contribution is -2.48. The van der Waals surface area contributed by atoms with Crippen LogP contribution in [0.25, 0.3) is 0 Å². The third-order valence-corrected chi connectivity index (χ3v) is 8.48. The number of carbonyl (C=O) groups excluding carboxylic acids is 1. The number of Topliss-reactive ketones (excluding diaryl/α,β-unsaturated/α-hetero) is 1. The number of anilines is 1. The highest BCUT2D eigenvalue weighted by atomic mass is 32.1. The fourth-order valence-electron chi connectivity index (χ4n) is 5.69. The summed E-state index contributed by atoms with van der Waals surface area (Å²) >= 11 is 1.73. The molecule has 1 atom stereocenters. The molecule has 0 amide bonds. The number of rotatable bonds is 5. The van der Waals surface area contributed by atoms with Gasteiger partial charge >= 0.3 is 0 Å². The first-order chi connectivity index (χ1) is 17.7. The average molecular weight is 495 g/mol. The highest BCUT2D eigenvalue weighted by molar-refractivity contribution is 7.10. The number of carbonyl (C=O) groups is 1. The molecule has 0 saturated carbocycles. The molecule has 0 radical (unpaired) electrons. The van der Waals surface area contributed by atoms with Gasteiger partial charge in [-0.15, -0.1) is 11.3 Å². The van der Waals surface area contributed by atoms with E-state index in [0.717, 1.165) is 55.5 Å². The van der Waals surface area contributed by atoms with Crippen molar-refractivity contribution in [3.05, 3.63) is 111 Å². The van der Waals surface area contributed by atoms with Crippen molar-refractivity contribution in [2.24, 2.45) is 0 Å². The van der Waals surface area contributed by atoms with Crippen molar-refractivity contribution in [2.75, 3.05) is 31.1 Å². The standard InChI is InChI=1S/C30H30N4OS/c1-21-28-25(19-24(20-26(28)35)27-13-8-18-36-27)32-30(31-21)34-16-14-33(15-17-34)29(22-9-4-2-5-10-22)23-11-6-3-7-12-23/h2-13,18,24,29H,14-17,19-20H2,1H3. The Kier molecular flexibility index (Phi) is 6.38. The van der Waals surface area contributed by atoms with Gasteiger partial charge in [-0.1, -0.05) is 66.7 Å². The first kappa shape index (κ1) is 23.1. The molecular weight excluding hydrogens is 464 g/mol. The maximum atomic E-state index is 13.0. The Hall–Kier alpha value is -3.35. The fourth-order valence-corrected chi connectivity index (χ4v) is 6.52. The Bertz CT molecular complexity index is 1290. The second-order valence-corrected chi connectivity index (χ2v) is 10.7. The zero-order chi connectivity index (χ0) is 24.5. The minimum atomic E-state index is 0.178. The molecule has 6 heteroatoms. The molecule has 0 spiro atoms. The van der Waals surface area contributed by atoms with E-state index in [1.807, 2.05) is 6.92 Å². The molecule has 1 saturated heterocycles. The summed E-state index contributed by atoms with van der Waals surface area (Å²) in [6.07, 6.45) is 1.36. The molecule has 0 bridgehead atoms. The van der Waals surface area contributed by atoms with Gasteiger partial charge in [0.05, 0.1) is 23.0 Å². The van der Waals surface area contributed by atoms with Gasteiger partial charge in [-0.25, -0.2) is 9.97 Å². The smallest absolute Gasteiger partial charge is 0.225 e. The van der Waals surface area contributed by atoms with Crippen molar-refractivity contribution in [3.63, 3.8) is 0 Å². The van der Waals surface area contributed by atoms with Crippen molar-refractivity contribution < 1.29 is 4.79 Å². The Balaban J connectivity index is 1.23. The first-order valence-electron chi connectivity index (χ1n) is 12.7. The molecule has 1 aliphatic carbocycles. The number of piperazine rings is 1. The minimum Gasteiger partial charge on any atom is -0.338 e. The van der Waals surface area contributed by atoms with Gasteiger partial charge in [0.25, 0.3) is 0 Å². The van der Waals surface area contributed by atoms with Crippen LogP contribution in [-0.2, 0) is 6.42 Å². The molecular formula is C30H30N4OS. The normalized spacial score (nSPS) is 18.4. The number of hydrogen-bond donors (Lipinski definition) is 0. The molecule has 5 nitrogen and oxygen atoms in total. The van der Waals surface area contributed by atoms with E-state index in [1.165, 1.54) is 16.0 Å². The van der Waals surface area contributed by atoms with Crippen LogP contribution in [0.2, 0.25) is 0 Å². The third kappa shape index (κ3) is 4.47. The quantitative estimate of drug-likeness (QED) is 0.358. The van der Waals surface area contributed by atoms with E-state index >= 15 is 0 Å². The summed E-state index contributed by atoms with van der Waals surface area (Å²) in [5.74, 6) is 1.17. The van der Waals surface area contributed by atoms with Crippen molar-refractivity contribution in [3.8, 4) is 0 Å². The van der Waals surface area contributed by atoms with Crippen LogP contribution in [0.3, 0.4) is 0 Å². The minimum absolute atomic E-state index is 0.178. The van der Waals surface area contributed by atoms with Crippen molar-refractivity contribution in [1.29, 1.82) is 0 Å². The first-order valence-corrected chi connectivity index (χ1v) is 13.6. The molecule has 2 aliphatic rings. The van der Waals surface area contributed by atoms with E-state index in [4.69, 9.17) is 9.97 Å². The number of aromatic nitrogens is 2. The topological polar surface area (TPSA) is 49.3 Å². The predicted octanol–water partition coefficient (Wildman–Crippen LogP) is 5.67. The predicted molar refractivity (Wildman–Crippen MR) is 145 cm³/mol. The molecule has 182 valence electrons. The van der Waals surface area contributed by atoms with Gasteiger partial charge in [0.2, 0.25) is 5.95 Å². The van der Waals surface area contributed by atoms with E-state index in [2.05, 4.69) is 88.0 Å². The molecule has 3 heterocycles. The highest BCUT2D eigenvalue weighted by Crippen LogP contribution is 2.36. The third-order valence-electron chi connectivity index (χ3n) is 7.44. The summed E-state index contributed by atoms with van der Waals surface area (Å²) in [4.78, 5) is 28.9. The molecule has 36 heavy (non-hydrogen) atoms. The van der Waals surface area contributed by atoms with Gasteiger partial charge in [-0.3, -0.25) is 9.69 Å². The SMILES string of the molecule is Cc1nc(N2CCN(C(c3ccccc3)c3ccccc3)CC2)nc2c1C(=O)CC(c1cccs1)C2. The highest BCUT2D eigenvalue weighted by Gasteiger charge is 2.32. The van der Waals surface area contributed by atoms with Gasteiger partial charge in [0, 0.05) is 43.4 Å². The maximum absolute atomic E-state index is 13.0. The molecule has 1 fully saturated rings. The number of nitrogens with zero attached hydrogens (tertiary/aromatic N) is 4. The van der Waals surface area contributed by atoms with E-state index in [1.54, 1.807) is 11.3 Å². The number of ketones is 1. The number of hydrogen-bond acceptors (Lipinski definition) is 6. The summed E-state index contributed by atoms with van der Waals surface area (Å²) in [5, 5.41) is 2.09. The van der Waals surface area contributed by atoms with E-state index in [0.29, 0.717) is 6.42 Å². The van der Waals surface area contributed by atoms with Crippen LogP contribution in [0.15, 0.2) is 78.2 Å². The molecule has 2 aromatic carbocycles. The lowest BCUT2D eigenvalue weighted by Gasteiger charge is -2.40. The van der Waals surface area contributed by atoms with E-state index < -0.39 is 0 Å². The lowest BCUT2D eigenvalue weighted by atomic mass is 9.84. The van der Waals surface area contributed by atoms with Crippen LogP contribution < -0.4 is 4.90 Å². The van der Waals surface area contributed by atoms with Crippen LogP contribution >= 0.6 is 11.3 Å². The van der Waals surface area contributed by atoms with E-state index in [-0.39, 0.29) is 17.7 Å². The van der Waals surface area contributed by atoms with Gasteiger partial charge in [-0.05, 0) is 35.9 Å². The van der Waals surface area contributed by atoms with Crippen LogP contribution in [-0.4, -0.2) is 46.8 Å². The Morgan fingerprint density at radius 1 is 0.833 bits per heavy atom. The molecule has 6 rings (SSSR count). The zero-order valence-electron chi connectivity index (χ0n) is 20.5. The molecule has 2 aromatic heterocycles. The van der Waals surface area contributed by atoms with Gasteiger partial charge < -0.3 is 4.90 Å². The van der Waals surface area contributed by atoms with Crippen LogP contribution in [0.1, 0.15) is 56.1 Å². The van der Waals surface area contributed by atoms with Crippen molar-refractivity contribution >= 4 is 23.1 Å². The lowest BCUT2D eigenvalue weighted by molar-refractivity contribution is 0.0962.